The molecule has 0 saturated carbocycles. The average Bonchev–Trinajstić information content (AvgIpc) is 3.44. The summed E-state index contributed by atoms with van der Waals surface area (Å²) in [5, 5.41) is 15.2. The number of nitrogens with zero attached hydrogens (tertiary/aromatic N) is 4. The van der Waals surface area contributed by atoms with Gasteiger partial charge in [0.05, 0.1) is 11.4 Å². The Balaban J connectivity index is 1.39. The Hall–Kier alpha value is -4.91. The number of nitrogens with two attached hydrogens (primary N) is 1. The summed E-state index contributed by atoms with van der Waals surface area (Å²) in [5.41, 5.74) is 8.36. The summed E-state index contributed by atoms with van der Waals surface area (Å²) in [7, 11) is 3.49. The number of nitrogens with one attached hydrogen (secondary N) is 3. The van der Waals surface area contributed by atoms with E-state index in [4.69, 9.17) is 15.8 Å². The number of carboxylic acid groups (broad SMARTS) is 1. The summed E-state index contributed by atoms with van der Waals surface area (Å²) >= 11 is 0. The van der Waals surface area contributed by atoms with Crippen LogP contribution < -0.4 is 32.5 Å². The van der Waals surface area contributed by atoms with Gasteiger partial charge < -0.3 is 30.9 Å². The van der Waals surface area contributed by atoms with Crippen LogP contribution in [0.25, 0.3) is 11.2 Å². The van der Waals surface area contributed by atoms with E-state index in [2.05, 4.69) is 15.6 Å². The van der Waals surface area contributed by atoms with Gasteiger partial charge in [-0.3, -0.25) is 23.9 Å². The number of hydrogen-bond donors (Lipinski definition) is 5. The number of aromatic amines is 1. The van der Waals surface area contributed by atoms with Gasteiger partial charge in [0.15, 0.2) is 11.2 Å². The van der Waals surface area contributed by atoms with E-state index in [1.165, 1.54) is 4.57 Å². The van der Waals surface area contributed by atoms with Gasteiger partial charge >= 0.3 is 11.7 Å². The smallest absolute Gasteiger partial charge is 0.329 e. The van der Waals surface area contributed by atoms with Gasteiger partial charge in [-0.1, -0.05) is 30.3 Å². The molecule has 4 aromatic rings. The van der Waals surface area contributed by atoms with Crippen molar-refractivity contribution in [1.82, 2.24) is 19.1 Å². The number of amides is 1. The number of carboxylic acids is 1. The number of aryl methyl sites for hydroxylation is 1. The zero-order valence-corrected chi connectivity index (χ0v) is 22.0. The summed E-state index contributed by atoms with van der Waals surface area (Å²) in [6.07, 6.45) is 0.209. The van der Waals surface area contributed by atoms with Gasteiger partial charge in [0, 0.05) is 39.2 Å². The number of anilines is 3. The van der Waals surface area contributed by atoms with Crippen molar-refractivity contribution in [2.75, 3.05) is 22.6 Å². The first-order valence-corrected chi connectivity index (χ1v) is 12.8. The lowest BCUT2D eigenvalue weighted by atomic mass is 10.1. The van der Waals surface area contributed by atoms with Crippen LogP contribution in [-0.2, 0) is 29.6 Å². The molecule has 1 amide bonds. The molecule has 2 aromatic heterocycles. The fraction of sp³-hybridized carbons (Fsp3) is 0.296. The van der Waals surface area contributed by atoms with E-state index in [0.717, 1.165) is 16.9 Å². The number of carbonyl (C=O) groups is 2. The van der Waals surface area contributed by atoms with E-state index in [9.17, 15) is 19.2 Å². The standard InChI is InChI=1S/C27H30N8O5/c1-33-19-12-16(29-22(36)11-9-17(28)26(38)39)8-10-18(19)30-20(33)13-21-31-24-23(25(37)32-27(40)34(24)2)35(21)14-15-6-4-3-5-7-15/h3-8,10,12,17,20,30H,9,11,13-14,28H2,1-2H3,(H,29,36)(H,38,39)(H,32,37,40)/t17-,20?/m0/s1. The predicted octanol–water partition coefficient (Wildman–Crippen LogP) is 1.03. The van der Waals surface area contributed by atoms with E-state index in [1.807, 2.05) is 59.0 Å². The second-order valence-electron chi connectivity index (χ2n) is 9.83. The molecule has 0 fully saturated rings. The molecule has 0 spiro atoms. The fourth-order valence-corrected chi connectivity index (χ4v) is 4.83. The molecule has 0 saturated heterocycles. The van der Waals surface area contributed by atoms with Crippen LogP contribution >= 0.6 is 0 Å². The number of imidazole rings is 1. The van der Waals surface area contributed by atoms with Crippen LogP contribution in [0.1, 0.15) is 24.2 Å². The number of H-pyrrole nitrogens is 1. The zero-order chi connectivity index (χ0) is 28.6. The Morgan fingerprint density at radius 3 is 2.62 bits per heavy atom. The van der Waals surface area contributed by atoms with Crippen molar-refractivity contribution in [2.45, 2.75) is 38.0 Å². The van der Waals surface area contributed by atoms with Gasteiger partial charge in [-0.15, -0.1) is 0 Å². The quantitative estimate of drug-likeness (QED) is 0.205. The molecule has 0 radical (unpaired) electrons. The number of aliphatic carboxylic acids is 1. The Morgan fingerprint density at radius 1 is 1.15 bits per heavy atom. The molecule has 2 atom stereocenters. The zero-order valence-electron chi connectivity index (χ0n) is 22.0. The third-order valence-electron chi connectivity index (χ3n) is 7.10. The largest absolute Gasteiger partial charge is 0.480 e. The maximum absolute atomic E-state index is 12.9. The topological polar surface area (TPSA) is 180 Å². The Morgan fingerprint density at radius 2 is 1.90 bits per heavy atom. The van der Waals surface area contributed by atoms with Crippen molar-refractivity contribution in [3.8, 4) is 0 Å². The predicted molar refractivity (Wildman–Crippen MR) is 151 cm³/mol. The highest BCUT2D eigenvalue weighted by atomic mass is 16.4. The molecule has 0 aliphatic carbocycles. The first kappa shape index (κ1) is 26.7. The van der Waals surface area contributed by atoms with Crippen molar-refractivity contribution in [2.24, 2.45) is 12.8 Å². The highest BCUT2D eigenvalue weighted by Crippen LogP contribution is 2.36. The number of likely N-dealkylation sites (N-methyl/N-ethyl adjacent to an activating group) is 1. The molecule has 0 bridgehead atoms. The molecule has 13 nitrogen and oxygen atoms in total. The summed E-state index contributed by atoms with van der Waals surface area (Å²) in [6, 6.07) is 14.1. The van der Waals surface area contributed by atoms with Crippen LogP contribution in [0.15, 0.2) is 58.1 Å². The van der Waals surface area contributed by atoms with Gasteiger partial charge in [-0.05, 0) is 30.2 Å². The molecule has 3 heterocycles. The van der Waals surface area contributed by atoms with Crippen LogP contribution in [0, 0.1) is 0 Å². The number of benzene rings is 2. The minimum atomic E-state index is -1.15. The van der Waals surface area contributed by atoms with E-state index >= 15 is 0 Å². The molecule has 6 N–H and O–H groups in total. The monoisotopic (exact) mass is 546 g/mol. The third-order valence-corrected chi connectivity index (χ3v) is 7.10. The maximum atomic E-state index is 12.9. The number of carbonyl (C=O) groups excluding carboxylic acids is 1. The van der Waals surface area contributed by atoms with Gasteiger partial charge in [0.1, 0.15) is 18.0 Å². The average molecular weight is 547 g/mol. The van der Waals surface area contributed by atoms with Crippen LogP contribution in [0.3, 0.4) is 0 Å². The van der Waals surface area contributed by atoms with Crippen LogP contribution in [-0.4, -0.2) is 55.3 Å². The van der Waals surface area contributed by atoms with Crippen LogP contribution in [0.5, 0.6) is 0 Å². The summed E-state index contributed by atoms with van der Waals surface area (Å²) < 4.78 is 3.18. The highest BCUT2D eigenvalue weighted by Gasteiger charge is 2.29. The lowest BCUT2D eigenvalue weighted by molar-refractivity contribution is -0.138. The van der Waals surface area contributed by atoms with Crippen LogP contribution in [0.4, 0.5) is 17.1 Å². The number of fused-ring (bicyclic) bond motifs is 2. The summed E-state index contributed by atoms with van der Waals surface area (Å²) in [5.74, 6) is -0.841. The molecule has 1 unspecified atom stereocenters. The lowest BCUT2D eigenvalue weighted by Crippen LogP contribution is -2.35. The van der Waals surface area contributed by atoms with Gasteiger partial charge in [-0.2, -0.15) is 0 Å². The minimum Gasteiger partial charge on any atom is -0.480 e. The van der Waals surface area contributed by atoms with Crippen molar-refractivity contribution in [3.05, 3.63) is 80.8 Å². The molecular formula is C27H30N8O5. The van der Waals surface area contributed by atoms with Crippen LogP contribution in [0.2, 0.25) is 0 Å². The van der Waals surface area contributed by atoms with E-state index < -0.39 is 23.3 Å². The molecule has 1 aliphatic heterocycles. The molecule has 5 rings (SSSR count). The molecule has 2 aromatic carbocycles. The Bertz CT molecular complexity index is 1710. The Labute approximate surface area is 228 Å². The van der Waals surface area contributed by atoms with Crippen molar-refractivity contribution >= 4 is 40.1 Å². The normalized spacial score (nSPS) is 15.1. The molecule has 40 heavy (non-hydrogen) atoms. The SMILES string of the molecule is CN1c2cc(NC(=O)CC[C@H](N)C(=O)O)ccc2NC1Cc1nc2c(c(=O)[nH]c(=O)n2C)n1Cc1ccccc1. The second kappa shape index (κ2) is 10.7. The van der Waals surface area contributed by atoms with Crippen molar-refractivity contribution in [1.29, 1.82) is 0 Å². The number of hydrogen-bond acceptors (Lipinski definition) is 8. The lowest BCUT2D eigenvalue weighted by Gasteiger charge is -2.22. The molecule has 1 aliphatic rings. The molecule has 13 heteroatoms. The second-order valence-corrected chi connectivity index (χ2v) is 9.83. The van der Waals surface area contributed by atoms with E-state index in [0.29, 0.717) is 35.6 Å². The molecular weight excluding hydrogens is 516 g/mol. The minimum absolute atomic E-state index is 0.0134. The van der Waals surface area contributed by atoms with Gasteiger partial charge in [0.2, 0.25) is 5.91 Å². The first-order chi connectivity index (χ1) is 19.1. The summed E-state index contributed by atoms with van der Waals surface area (Å²) in [4.78, 5) is 57.5. The van der Waals surface area contributed by atoms with Gasteiger partial charge in [0.25, 0.3) is 5.56 Å². The molecule has 208 valence electrons. The number of aromatic nitrogens is 4. The van der Waals surface area contributed by atoms with Crippen molar-refractivity contribution < 1.29 is 14.7 Å². The fourth-order valence-electron chi connectivity index (χ4n) is 4.83. The van der Waals surface area contributed by atoms with Crippen molar-refractivity contribution in [3.63, 3.8) is 0 Å². The highest BCUT2D eigenvalue weighted by molar-refractivity contribution is 5.93. The Kier molecular flexibility index (Phi) is 7.13. The van der Waals surface area contributed by atoms with E-state index in [1.54, 1.807) is 13.1 Å². The first-order valence-electron chi connectivity index (χ1n) is 12.8. The van der Waals surface area contributed by atoms with E-state index in [-0.39, 0.29) is 24.9 Å². The summed E-state index contributed by atoms with van der Waals surface area (Å²) in [6.45, 7) is 0.402. The van der Waals surface area contributed by atoms with Gasteiger partial charge in [-0.25, -0.2) is 9.78 Å². The third kappa shape index (κ3) is 5.18. The maximum Gasteiger partial charge on any atom is 0.329 e. The number of rotatable bonds is 9.